The van der Waals surface area contributed by atoms with E-state index in [2.05, 4.69) is 55.6 Å². The molecule has 2 unspecified atom stereocenters. The van der Waals surface area contributed by atoms with Gasteiger partial charge >= 0.3 is 0 Å². The second-order valence-corrected chi connectivity index (χ2v) is 20.4. The van der Waals surface area contributed by atoms with E-state index in [-0.39, 0.29) is 12.5 Å². The molecule has 0 aromatic rings. The van der Waals surface area contributed by atoms with Crippen LogP contribution in [0, 0.1) is 0 Å². The first-order valence-corrected chi connectivity index (χ1v) is 29.7. The number of nitrogens with one attached hydrogen (secondary N) is 1. The van der Waals surface area contributed by atoms with Gasteiger partial charge in [-0.1, -0.05) is 307 Å². The Morgan fingerprint density at radius 1 is 0.369 bits per heavy atom. The van der Waals surface area contributed by atoms with Crippen LogP contribution in [0.25, 0.3) is 0 Å². The molecule has 65 heavy (non-hydrogen) atoms. The minimum absolute atomic E-state index is 0.0289. The Labute approximate surface area is 408 Å². The molecule has 384 valence electrons. The third-order valence-electron chi connectivity index (χ3n) is 13.9. The lowest BCUT2D eigenvalue weighted by Crippen LogP contribution is -2.45. The van der Waals surface area contributed by atoms with Gasteiger partial charge in [-0.05, 0) is 51.4 Å². The Hall–Kier alpha value is -1.39. The summed E-state index contributed by atoms with van der Waals surface area (Å²) >= 11 is 0. The number of carbonyl (C=O) groups excluding carboxylic acids is 1. The number of rotatable bonds is 55. The van der Waals surface area contributed by atoms with Crippen molar-refractivity contribution in [2.75, 3.05) is 6.61 Å². The van der Waals surface area contributed by atoms with Crippen molar-refractivity contribution < 1.29 is 15.0 Å². The molecule has 3 N–H and O–H groups in total. The molecule has 1 amide bonds. The molecule has 0 rings (SSSR count). The molecule has 0 aliphatic heterocycles. The van der Waals surface area contributed by atoms with Crippen molar-refractivity contribution in [3.8, 4) is 0 Å². The molecule has 0 aliphatic carbocycles. The van der Waals surface area contributed by atoms with Crippen molar-refractivity contribution >= 4 is 5.91 Å². The van der Waals surface area contributed by atoms with Crippen LogP contribution in [0.15, 0.2) is 36.5 Å². The van der Waals surface area contributed by atoms with E-state index in [0.717, 1.165) is 38.5 Å². The van der Waals surface area contributed by atoms with Gasteiger partial charge in [-0.25, -0.2) is 0 Å². The molecule has 0 aromatic heterocycles. The van der Waals surface area contributed by atoms with Gasteiger partial charge in [0, 0.05) is 6.42 Å². The van der Waals surface area contributed by atoms with E-state index in [9.17, 15) is 15.0 Å². The first kappa shape index (κ1) is 63.6. The summed E-state index contributed by atoms with van der Waals surface area (Å²) in [6, 6.07) is -0.539. The van der Waals surface area contributed by atoms with Gasteiger partial charge in [0.2, 0.25) is 5.91 Å². The number of amides is 1. The third-order valence-corrected chi connectivity index (χ3v) is 13.9. The highest BCUT2D eigenvalue weighted by atomic mass is 16.3. The highest BCUT2D eigenvalue weighted by molar-refractivity contribution is 5.76. The van der Waals surface area contributed by atoms with E-state index in [1.54, 1.807) is 0 Å². The van der Waals surface area contributed by atoms with Gasteiger partial charge in [-0.3, -0.25) is 4.79 Å². The molecule has 0 saturated heterocycles. The van der Waals surface area contributed by atoms with Crippen LogP contribution < -0.4 is 5.32 Å². The van der Waals surface area contributed by atoms with Crippen LogP contribution in [-0.2, 0) is 4.79 Å². The van der Waals surface area contributed by atoms with Gasteiger partial charge in [0.1, 0.15) is 0 Å². The Kier molecular flexibility index (Phi) is 55.7. The van der Waals surface area contributed by atoms with E-state index >= 15 is 0 Å². The molecule has 0 heterocycles. The summed E-state index contributed by atoms with van der Waals surface area (Å²) in [4.78, 5) is 12.5. The highest BCUT2D eigenvalue weighted by Gasteiger charge is 2.20. The monoisotopic (exact) mass is 912 g/mol. The molecule has 0 aromatic carbocycles. The van der Waals surface area contributed by atoms with Gasteiger partial charge in [-0.15, -0.1) is 0 Å². The maximum Gasteiger partial charge on any atom is 0.220 e. The number of aliphatic hydroxyl groups excluding tert-OH is 2. The topological polar surface area (TPSA) is 69.6 Å². The van der Waals surface area contributed by atoms with E-state index in [1.807, 2.05) is 0 Å². The van der Waals surface area contributed by atoms with Crippen molar-refractivity contribution in [3.05, 3.63) is 36.5 Å². The lowest BCUT2D eigenvalue weighted by molar-refractivity contribution is -0.123. The average molecular weight is 913 g/mol. The smallest absolute Gasteiger partial charge is 0.220 e. The predicted octanol–water partition coefficient (Wildman–Crippen LogP) is 19.6. The van der Waals surface area contributed by atoms with Crippen molar-refractivity contribution in [2.45, 2.75) is 341 Å². The zero-order chi connectivity index (χ0) is 47.0. The number of hydrogen-bond donors (Lipinski definition) is 3. The molecule has 4 nitrogen and oxygen atoms in total. The molecular weight excluding hydrogens is 795 g/mol. The summed E-state index contributed by atoms with van der Waals surface area (Å²) in [6.45, 7) is 4.38. The van der Waals surface area contributed by atoms with Gasteiger partial charge in [0.15, 0.2) is 0 Å². The second kappa shape index (κ2) is 56.9. The molecule has 4 heteroatoms. The molecule has 0 saturated carbocycles. The Morgan fingerprint density at radius 2 is 0.631 bits per heavy atom. The average Bonchev–Trinajstić information content (AvgIpc) is 3.31. The molecule has 0 bridgehead atoms. The van der Waals surface area contributed by atoms with Crippen LogP contribution in [0.2, 0.25) is 0 Å². The summed E-state index contributed by atoms with van der Waals surface area (Å²) in [5, 5.41) is 23.4. The Bertz CT molecular complexity index is 989. The number of aliphatic hydroxyl groups is 2. The number of carbonyl (C=O) groups is 1. The lowest BCUT2D eigenvalue weighted by atomic mass is 10.0. The normalized spacial score (nSPS) is 13.0. The van der Waals surface area contributed by atoms with Crippen LogP contribution >= 0.6 is 0 Å². The highest BCUT2D eigenvalue weighted by Crippen LogP contribution is 2.18. The number of hydrogen-bond acceptors (Lipinski definition) is 3. The largest absolute Gasteiger partial charge is 0.394 e. The van der Waals surface area contributed by atoms with Crippen molar-refractivity contribution in [1.29, 1.82) is 0 Å². The zero-order valence-corrected chi connectivity index (χ0v) is 44.3. The van der Waals surface area contributed by atoms with Crippen LogP contribution in [0.4, 0.5) is 0 Å². The first-order chi connectivity index (χ1) is 32.2. The SMILES string of the molecule is CCCCCCC/C=C\C/C=C\C/C=C\CCCCCCCCCCCCCCC(=O)NC(CO)C(O)CCCCCCCCCCCCCCCCCCCCCCCCCCCC. The maximum absolute atomic E-state index is 12.5. The van der Waals surface area contributed by atoms with Crippen molar-refractivity contribution in [3.63, 3.8) is 0 Å². The molecule has 0 spiro atoms. The fourth-order valence-electron chi connectivity index (χ4n) is 9.37. The summed E-state index contributed by atoms with van der Waals surface area (Å²) in [7, 11) is 0. The van der Waals surface area contributed by atoms with Crippen LogP contribution in [-0.4, -0.2) is 34.9 Å². The Morgan fingerprint density at radius 3 is 0.938 bits per heavy atom. The van der Waals surface area contributed by atoms with Crippen LogP contribution in [0.5, 0.6) is 0 Å². The minimum atomic E-state index is -0.662. The van der Waals surface area contributed by atoms with Crippen molar-refractivity contribution in [2.24, 2.45) is 0 Å². The van der Waals surface area contributed by atoms with Gasteiger partial charge < -0.3 is 15.5 Å². The van der Waals surface area contributed by atoms with E-state index in [4.69, 9.17) is 0 Å². The molecule has 2 atom stereocenters. The molecular formula is C61H117NO3. The standard InChI is InChI=1S/C61H117NO3/c1-3-5-7-9-11-13-15-17-19-21-23-25-27-29-31-33-35-37-39-41-43-45-47-49-51-53-55-57-61(65)62-59(58-63)60(64)56-54-52-50-48-46-44-42-40-38-36-34-32-30-28-26-24-22-20-18-16-14-12-10-8-6-4-2/h15,17,21,23,27,29,59-60,63-64H,3-14,16,18-20,22,24-26,28,30-58H2,1-2H3,(H,62,65)/b17-15-,23-21-,29-27-. The summed E-state index contributed by atoms with van der Waals surface area (Å²) in [5.41, 5.74) is 0. The lowest BCUT2D eigenvalue weighted by Gasteiger charge is -2.22. The maximum atomic E-state index is 12.5. The molecule has 0 aliphatic rings. The van der Waals surface area contributed by atoms with Crippen molar-refractivity contribution in [1.82, 2.24) is 5.32 Å². The quantitative estimate of drug-likeness (QED) is 0.0421. The number of allylic oxidation sites excluding steroid dienone is 6. The third kappa shape index (κ3) is 53.4. The zero-order valence-electron chi connectivity index (χ0n) is 44.3. The molecule has 0 fully saturated rings. The summed E-state index contributed by atoms with van der Waals surface area (Å²) in [6.07, 6.45) is 77.1. The minimum Gasteiger partial charge on any atom is -0.394 e. The first-order valence-electron chi connectivity index (χ1n) is 29.7. The summed E-state index contributed by atoms with van der Waals surface area (Å²) < 4.78 is 0. The van der Waals surface area contributed by atoms with E-state index < -0.39 is 12.1 Å². The fourth-order valence-corrected chi connectivity index (χ4v) is 9.37. The van der Waals surface area contributed by atoms with E-state index in [0.29, 0.717) is 12.8 Å². The Balaban J connectivity index is 3.45. The van der Waals surface area contributed by atoms with Crippen LogP contribution in [0.1, 0.15) is 328 Å². The fraction of sp³-hybridized carbons (Fsp3) is 0.885. The van der Waals surface area contributed by atoms with Gasteiger partial charge in [0.05, 0.1) is 18.8 Å². The van der Waals surface area contributed by atoms with Gasteiger partial charge in [-0.2, -0.15) is 0 Å². The summed E-state index contributed by atoms with van der Waals surface area (Å²) in [5.74, 6) is -0.0289. The van der Waals surface area contributed by atoms with Crippen LogP contribution in [0.3, 0.4) is 0 Å². The second-order valence-electron chi connectivity index (χ2n) is 20.4. The van der Waals surface area contributed by atoms with Gasteiger partial charge in [0.25, 0.3) is 0 Å². The predicted molar refractivity (Wildman–Crippen MR) is 290 cm³/mol. The van der Waals surface area contributed by atoms with E-state index in [1.165, 1.54) is 263 Å². The molecule has 0 radical (unpaired) electrons. The number of unbranched alkanes of at least 4 members (excludes halogenated alkanes) is 42.